The molecule has 3 saturated carbocycles. The summed E-state index contributed by atoms with van der Waals surface area (Å²) in [5.74, 6) is 2.04. The van der Waals surface area contributed by atoms with E-state index in [1.165, 1.54) is 0 Å². The third kappa shape index (κ3) is 1.14. The first-order valence-electron chi connectivity index (χ1n) is 5.58. The first-order chi connectivity index (χ1) is 6.90. The maximum absolute atomic E-state index is 11.5. The standard InChI is InChI=1S/C11H17NO3/c1-11(2,3)15-10(14)12-8-5-4-6(5)9(13)7(4)8/h4-9,13H,1-3H3,(H,12,14)/t4?,5?,6?,7?,8-,9+/m1/s1. The molecule has 84 valence electrons. The maximum Gasteiger partial charge on any atom is 0.407 e. The molecule has 0 aromatic rings. The van der Waals surface area contributed by atoms with Gasteiger partial charge in [-0.2, -0.15) is 0 Å². The Morgan fingerprint density at radius 1 is 1.20 bits per heavy atom. The lowest BCUT2D eigenvalue weighted by Crippen LogP contribution is -2.54. The van der Waals surface area contributed by atoms with Crippen LogP contribution >= 0.6 is 0 Å². The zero-order valence-electron chi connectivity index (χ0n) is 9.23. The summed E-state index contributed by atoms with van der Waals surface area (Å²) < 4.78 is 5.18. The van der Waals surface area contributed by atoms with Crippen LogP contribution in [0.3, 0.4) is 0 Å². The molecule has 0 heterocycles. The quantitative estimate of drug-likeness (QED) is 0.672. The number of alkyl carbamates (subject to hydrolysis) is 1. The Kier molecular flexibility index (Phi) is 1.57. The number of carbonyl (C=O) groups excluding carboxylic acids is 1. The highest BCUT2D eigenvalue weighted by Crippen LogP contribution is 2.77. The first-order valence-corrected chi connectivity index (χ1v) is 5.58. The Labute approximate surface area is 89.0 Å². The van der Waals surface area contributed by atoms with Gasteiger partial charge in [0.15, 0.2) is 0 Å². The Bertz CT molecular complexity index is 322. The van der Waals surface area contributed by atoms with E-state index >= 15 is 0 Å². The van der Waals surface area contributed by atoms with Crippen LogP contribution in [0.1, 0.15) is 20.8 Å². The molecule has 3 aliphatic carbocycles. The van der Waals surface area contributed by atoms with Gasteiger partial charge >= 0.3 is 6.09 Å². The Morgan fingerprint density at radius 2 is 1.87 bits per heavy atom. The molecule has 0 radical (unpaired) electrons. The van der Waals surface area contributed by atoms with Gasteiger partial charge in [0.1, 0.15) is 5.60 Å². The highest BCUT2D eigenvalue weighted by Gasteiger charge is 2.83. The Morgan fingerprint density at radius 3 is 2.27 bits per heavy atom. The van der Waals surface area contributed by atoms with E-state index in [9.17, 15) is 9.90 Å². The number of aliphatic hydroxyl groups excluding tert-OH is 1. The van der Waals surface area contributed by atoms with Crippen molar-refractivity contribution in [2.24, 2.45) is 23.7 Å². The van der Waals surface area contributed by atoms with Gasteiger partial charge in [0.25, 0.3) is 0 Å². The highest BCUT2D eigenvalue weighted by atomic mass is 16.6. The number of ether oxygens (including phenoxy) is 1. The highest BCUT2D eigenvalue weighted by molar-refractivity contribution is 5.69. The van der Waals surface area contributed by atoms with Crippen molar-refractivity contribution in [2.45, 2.75) is 38.5 Å². The lowest BCUT2D eigenvalue weighted by molar-refractivity contribution is -0.0163. The van der Waals surface area contributed by atoms with Crippen LogP contribution in [0.15, 0.2) is 0 Å². The van der Waals surface area contributed by atoms with Gasteiger partial charge in [0, 0.05) is 12.0 Å². The Balaban J connectivity index is 1.53. The van der Waals surface area contributed by atoms with E-state index in [0.717, 1.165) is 0 Å². The van der Waals surface area contributed by atoms with Gasteiger partial charge < -0.3 is 15.2 Å². The van der Waals surface area contributed by atoms with Crippen LogP contribution in [-0.4, -0.2) is 28.9 Å². The molecule has 2 N–H and O–H groups in total. The van der Waals surface area contributed by atoms with Crippen molar-refractivity contribution in [3.05, 3.63) is 0 Å². The smallest absolute Gasteiger partial charge is 0.407 e. The fourth-order valence-corrected chi connectivity index (χ4v) is 3.37. The third-order valence-corrected chi connectivity index (χ3v) is 3.94. The number of fused-ring (bicyclic) bond motifs is 1. The maximum atomic E-state index is 11.5. The summed E-state index contributed by atoms with van der Waals surface area (Å²) >= 11 is 0. The second kappa shape index (κ2) is 2.48. The summed E-state index contributed by atoms with van der Waals surface area (Å²) in [7, 11) is 0. The molecule has 0 aromatic carbocycles. The second-order valence-corrected chi connectivity index (χ2v) is 5.97. The lowest BCUT2D eigenvalue weighted by atomic mass is 9.73. The molecule has 3 fully saturated rings. The van der Waals surface area contributed by atoms with Gasteiger partial charge in [-0.05, 0) is 38.5 Å². The molecule has 0 bridgehead atoms. The minimum Gasteiger partial charge on any atom is -0.444 e. The fraction of sp³-hybridized carbons (Fsp3) is 0.909. The van der Waals surface area contributed by atoms with Crippen LogP contribution in [0.4, 0.5) is 4.79 Å². The van der Waals surface area contributed by atoms with E-state index in [1.54, 1.807) is 0 Å². The van der Waals surface area contributed by atoms with Crippen molar-refractivity contribution >= 4 is 6.09 Å². The number of carbonyl (C=O) groups is 1. The van der Waals surface area contributed by atoms with E-state index in [1.807, 2.05) is 20.8 Å². The van der Waals surface area contributed by atoms with Crippen molar-refractivity contribution in [3.8, 4) is 0 Å². The molecule has 0 spiro atoms. The van der Waals surface area contributed by atoms with E-state index in [4.69, 9.17) is 4.74 Å². The van der Waals surface area contributed by atoms with Crippen molar-refractivity contribution in [3.63, 3.8) is 0 Å². The molecule has 1 amide bonds. The molecule has 4 heteroatoms. The molecule has 6 atom stereocenters. The van der Waals surface area contributed by atoms with E-state index < -0.39 is 5.60 Å². The summed E-state index contributed by atoms with van der Waals surface area (Å²) in [5.41, 5.74) is -0.446. The molecular formula is C11H17NO3. The lowest BCUT2D eigenvalue weighted by Gasteiger charge is -2.40. The van der Waals surface area contributed by atoms with Gasteiger partial charge in [0.2, 0.25) is 0 Å². The van der Waals surface area contributed by atoms with Crippen molar-refractivity contribution < 1.29 is 14.6 Å². The summed E-state index contributed by atoms with van der Waals surface area (Å²) in [5, 5.41) is 12.5. The van der Waals surface area contributed by atoms with Gasteiger partial charge in [0.05, 0.1) is 6.10 Å². The minimum absolute atomic E-state index is 0.167. The second-order valence-electron chi connectivity index (χ2n) is 5.97. The molecule has 4 unspecified atom stereocenters. The van der Waals surface area contributed by atoms with E-state index in [-0.39, 0.29) is 18.2 Å². The van der Waals surface area contributed by atoms with Crippen molar-refractivity contribution in [2.75, 3.05) is 0 Å². The zero-order chi connectivity index (χ0) is 11.0. The number of hydrogen-bond donors (Lipinski definition) is 2. The topological polar surface area (TPSA) is 58.6 Å². The van der Waals surface area contributed by atoms with Crippen LogP contribution in [-0.2, 0) is 4.74 Å². The van der Waals surface area contributed by atoms with Crippen molar-refractivity contribution in [1.82, 2.24) is 5.32 Å². The molecule has 4 nitrogen and oxygen atoms in total. The molecule has 3 rings (SSSR count). The molecule has 0 aliphatic heterocycles. The van der Waals surface area contributed by atoms with Crippen LogP contribution in [0.5, 0.6) is 0 Å². The number of nitrogens with one attached hydrogen (secondary N) is 1. The van der Waals surface area contributed by atoms with Crippen LogP contribution in [0.2, 0.25) is 0 Å². The normalized spacial score (nSPS) is 49.6. The number of amides is 1. The average molecular weight is 211 g/mol. The van der Waals surface area contributed by atoms with E-state index in [2.05, 4.69) is 5.32 Å². The first kappa shape index (κ1) is 9.46. The average Bonchev–Trinajstić information content (AvgIpc) is 2.49. The SMILES string of the molecule is CC(C)(C)OC(=O)N[C@@H]1C2C3C2[C@H](O)C31. The number of aliphatic hydroxyl groups is 1. The minimum atomic E-state index is -0.446. The van der Waals surface area contributed by atoms with Crippen LogP contribution in [0.25, 0.3) is 0 Å². The van der Waals surface area contributed by atoms with Gasteiger partial charge in [-0.1, -0.05) is 0 Å². The molecule has 15 heavy (non-hydrogen) atoms. The molecule has 0 aromatic heterocycles. The summed E-state index contributed by atoms with van der Waals surface area (Å²) in [6.07, 6.45) is -0.518. The van der Waals surface area contributed by atoms with Crippen molar-refractivity contribution in [1.29, 1.82) is 0 Å². The summed E-state index contributed by atoms with van der Waals surface area (Å²) in [6, 6.07) is 0.171. The monoisotopic (exact) mass is 211 g/mol. The van der Waals surface area contributed by atoms with E-state index in [0.29, 0.717) is 23.7 Å². The summed E-state index contributed by atoms with van der Waals surface area (Å²) in [4.78, 5) is 11.5. The molecule has 3 aliphatic rings. The fourth-order valence-electron chi connectivity index (χ4n) is 3.37. The van der Waals surface area contributed by atoms with Crippen LogP contribution < -0.4 is 5.32 Å². The molecule has 0 saturated heterocycles. The third-order valence-electron chi connectivity index (χ3n) is 3.94. The predicted octanol–water partition coefficient (Wildman–Crippen LogP) is 0.746. The predicted molar refractivity (Wildman–Crippen MR) is 53.1 cm³/mol. The van der Waals surface area contributed by atoms with Gasteiger partial charge in [-0.15, -0.1) is 0 Å². The largest absolute Gasteiger partial charge is 0.444 e. The molecular weight excluding hydrogens is 194 g/mol. The Hall–Kier alpha value is -0.770. The van der Waals surface area contributed by atoms with Gasteiger partial charge in [-0.25, -0.2) is 4.79 Å². The van der Waals surface area contributed by atoms with Gasteiger partial charge in [-0.3, -0.25) is 0 Å². The zero-order valence-corrected chi connectivity index (χ0v) is 9.23. The number of hydrogen-bond acceptors (Lipinski definition) is 3. The van der Waals surface area contributed by atoms with Crippen LogP contribution in [0, 0.1) is 23.7 Å². The number of rotatable bonds is 1. The summed E-state index contributed by atoms with van der Waals surface area (Å²) in [6.45, 7) is 5.55.